The number of nitrogens with zero attached hydrogens (tertiary/aromatic N) is 1. The highest BCUT2D eigenvalue weighted by Crippen LogP contribution is 2.35. The van der Waals surface area contributed by atoms with E-state index in [-0.39, 0.29) is 5.41 Å². The van der Waals surface area contributed by atoms with Gasteiger partial charge in [0.2, 0.25) is 5.91 Å². The minimum Gasteiger partial charge on any atom is -0.390 e. The number of aliphatic hydroxyl groups is 1. The number of rotatable bonds is 3. The summed E-state index contributed by atoms with van der Waals surface area (Å²) in [6, 6.07) is 0. The van der Waals surface area contributed by atoms with Gasteiger partial charge in [0.25, 0.3) is 0 Å². The van der Waals surface area contributed by atoms with Crippen LogP contribution in [-0.4, -0.2) is 47.7 Å². The Hall–Kier alpha value is -0.610. The molecule has 110 valence electrons. The van der Waals surface area contributed by atoms with Gasteiger partial charge in [0.15, 0.2) is 0 Å². The van der Waals surface area contributed by atoms with Crippen molar-refractivity contribution in [1.29, 1.82) is 0 Å². The van der Waals surface area contributed by atoms with E-state index in [1.54, 1.807) is 0 Å². The molecule has 0 aromatic rings. The highest BCUT2D eigenvalue weighted by atomic mass is 16.3. The molecule has 4 nitrogen and oxygen atoms in total. The quantitative estimate of drug-likeness (QED) is 0.816. The van der Waals surface area contributed by atoms with Crippen LogP contribution in [0.4, 0.5) is 0 Å². The Balaban J connectivity index is 2.03. The summed E-state index contributed by atoms with van der Waals surface area (Å²) in [5.74, 6) is 0.317. The first kappa shape index (κ1) is 14.8. The molecule has 0 saturated carbocycles. The van der Waals surface area contributed by atoms with Crippen LogP contribution in [0, 0.1) is 5.41 Å². The third-order valence-corrected chi connectivity index (χ3v) is 4.78. The van der Waals surface area contributed by atoms with Crippen molar-refractivity contribution in [1.82, 2.24) is 10.2 Å². The van der Waals surface area contributed by atoms with Crippen LogP contribution in [0.25, 0.3) is 0 Å². The fourth-order valence-corrected chi connectivity index (χ4v) is 3.48. The van der Waals surface area contributed by atoms with Crippen LogP contribution in [0.1, 0.15) is 52.4 Å². The Labute approximate surface area is 116 Å². The van der Waals surface area contributed by atoms with Crippen molar-refractivity contribution >= 4 is 5.91 Å². The van der Waals surface area contributed by atoms with E-state index >= 15 is 0 Å². The fraction of sp³-hybridized carbons (Fsp3) is 0.933. The fourth-order valence-electron chi connectivity index (χ4n) is 3.48. The highest BCUT2D eigenvalue weighted by molar-refractivity contribution is 5.83. The Morgan fingerprint density at radius 2 is 2.00 bits per heavy atom. The summed E-state index contributed by atoms with van der Waals surface area (Å²) in [6.45, 7) is 7.30. The lowest BCUT2D eigenvalue weighted by atomic mass is 9.75. The summed E-state index contributed by atoms with van der Waals surface area (Å²) < 4.78 is 0. The summed E-state index contributed by atoms with van der Waals surface area (Å²) in [5, 5.41) is 13.4. The van der Waals surface area contributed by atoms with Crippen LogP contribution in [0.15, 0.2) is 0 Å². The average Bonchev–Trinajstić information content (AvgIpc) is 2.39. The third-order valence-electron chi connectivity index (χ3n) is 4.78. The summed E-state index contributed by atoms with van der Waals surface area (Å²) in [4.78, 5) is 14.9. The number of carbonyl (C=O) groups excluding carboxylic acids is 1. The van der Waals surface area contributed by atoms with Crippen molar-refractivity contribution in [2.75, 3.05) is 26.2 Å². The van der Waals surface area contributed by atoms with Crippen LogP contribution < -0.4 is 5.32 Å². The molecule has 2 fully saturated rings. The molecule has 2 heterocycles. The summed E-state index contributed by atoms with van der Waals surface area (Å²) in [7, 11) is 0. The standard InChI is InChI=1S/C15H28N2O2/c1-3-5-15(6-4-9-16-12-15)13(18)17-10-7-14(2,19)8-11-17/h16,19H,3-12H2,1-2H3. The van der Waals surface area contributed by atoms with Crippen LogP contribution in [0.2, 0.25) is 0 Å². The molecular formula is C15H28N2O2. The molecule has 19 heavy (non-hydrogen) atoms. The average molecular weight is 268 g/mol. The molecule has 1 unspecified atom stereocenters. The molecule has 2 aliphatic heterocycles. The topological polar surface area (TPSA) is 52.6 Å². The van der Waals surface area contributed by atoms with Crippen molar-refractivity contribution in [3.05, 3.63) is 0 Å². The Morgan fingerprint density at radius 1 is 1.32 bits per heavy atom. The first-order valence-electron chi connectivity index (χ1n) is 7.72. The van der Waals surface area contributed by atoms with Gasteiger partial charge in [0, 0.05) is 19.6 Å². The monoisotopic (exact) mass is 268 g/mol. The van der Waals surface area contributed by atoms with Crippen molar-refractivity contribution in [3.8, 4) is 0 Å². The van der Waals surface area contributed by atoms with E-state index < -0.39 is 5.60 Å². The molecular weight excluding hydrogens is 240 g/mol. The normalized spacial score (nSPS) is 31.2. The van der Waals surface area contributed by atoms with Gasteiger partial charge < -0.3 is 15.3 Å². The molecule has 0 aromatic carbocycles. The van der Waals surface area contributed by atoms with Gasteiger partial charge >= 0.3 is 0 Å². The number of hydrogen-bond donors (Lipinski definition) is 2. The van der Waals surface area contributed by atoms with E-state index in [1.807, 2.05) is 11.8 Å². The predicted molar refractivity (Wildman–Crippen MR) is 75.9 cm³/mol. The zero-order valence-corrected chi connectivity index (χ0v) is 12.4. The molecule has 1 atom stereocenters. The molecule has 1 amide bonds. The predicted octanol–water partition coefficient (Wildman–Crippen LogP) is 1.53. The maximum Gasteiger partial charge on any atom is 0.230 e. The van der Waals surface area contributed by atoms with Gasteiger partial charge in [-0.05, 0) is 45.6 Å². The van der Waals surface area contributed by atoms with Crippen molar-refractivity contribution in [2.24, 2.45) is 5.41 Å². The summed E-state index contributed by atoms with van der Waals surface area (Å²) >= 11 is 0. The van der Waals surface area contributed by atoms with Crippen molar-refractivity contribution < 1.29 is 9.90 Å². The zero-order chi connectivity index (χ0) is 13.9. The van der Waals surface area contributed by atoms with Gasteiger partial charge in [-0.2, -0.15) is 0 Å². The van der Waals surface area contributed by atoms with Crippen LogP contribution >= 0.6 is 0 Å². The summed E-state index contributed by atoms with van der Waals surface area (Å²) in [6.07, 6.45) is 5.55. The van der Waals surface area contributed by atoms with Crippen LogP contribution in [-0.2, 0) is 4.79 Å². The molecule has 2 rings (SSSR count). The lowest BCUT2D eigenvalue weighted by molar-refractivity contribution is -0.147. The van der Waals surface area contributed by atoms with Crippen LogP contribution in [0.5, 0.6) is 0 Å². The van der Waals surface area contributed by atoms with E-state index in [2.05, 4.69) is 12.2 Å². The van der Waals surface area contributed by atoms with E-state index in [1.165, 1.54) is 0 Å². The first-order chi connectivity index (χ1) is 8.99. The number of piperidine rings is 2. The molecule has 0 spiro atoms. The van der Waals surface area contributed by atoms with Crippen molar-refractivity contribution in [3.63, 3.8) is 0 Å². The molecule has 2 saturated heterocycles. The smallest absolute Gasteiger partial charge is 0.230 e. The number of likely N-dealkylation sites (tertiary alicyclic amines) is 1. The molecule has 4 heteroatoms. The lowest BCUT2D eigenvalue weighted by Crippen LogP contribution is -2.55. The van der Waals surface area contributed by atoms with Crippen LogP contribution in [0.3, 0.4) is 0 Å². The Morgan fingerprint density at radius 3 is 2.53 bits per heavy atom. The van der Waals surface area contributed by atoms with Crippen molar-refractivity contribution in [2.45, 2.75) is 58.0 Å². The van der Waals surface area contributed by atoms with E-state index in [0.29, 0.717) is 31.8 Å². The number of carbonyl (C=O) groups is 1. The second-order valence-electron chi connectivity index (χ2n) is 6.60. The van der Waals surface area contributed by atoms with Gasteiger partial charge in [-0.3, -0.25) is 4.79 Å². The Bertz CT molecular complexity index is 307. The lowest BCUT2D eigenvalue weighted by Gasteiger charge is -2.43. The van der Waals surface area contributed by atoms with Gasteiger partial charge in [0.1, 0.15) is 0 Å². The maximum atomic E-state index is 12.9. The highest BCUT2D eigenvalue weighted by Gasteiger charge is 2.42. The third kappa shape index (κ3) is 3.29. The molecule has 2 N–H and O–H groups in total. The second-order valence-corrected chi connectivity index (χ2v) is 6.60. The molecule has 2 aliphatic rings. The van der Waals surface area contributed by atoms with E-state index in [4.69, 9.17) is 0 Å². The molecule has 0 bridgehead atoms. The zero-order valence-electron chi connectivity index (χ0n) is 12.4. The molecule has 0 aliphatic carbocycles. The largest absolute Gasteiger partial charge is 0.390 e. The summed E-state index contributed by atoms with van der Waals surface area (Å²) in [5.41, 5.74) is -0.768. The SMILES string of the molecule is CCCC1(C(=O)N2CCC(C)(O)CC2)CCCNC1. The van der Waals surface area contributed by atoms with E-state index in [0.717, 1.165) is 38.8 Å². The maximum absolute atomic E-state index is 12.9. The van der Waals surface area contributed by atoms with Gasteiger partial charge in [-0.15, -0.1) is 0 Å². The minimum absolute atomic E-state index is 0.184. The number of nitrogens with one attached hydrogen (secondary N) is 1. The van der Waals surface area contributed by atoms with Gasteiger partial charge in [-0.1, -0.05) is 13.3 Å². The second kappa shape index (κ2) is 5.80. The van der Waals surface area contributed by atoms with E-state index in [9.17, 15) is 9.90 Å². The van der Waals surface area contributed by atoms with Gasteiger partial charge in [-0.25, -0.2) is 0 Å². The first-order valence-corrected chi connectivity index (χ1v) is 7.72. The number of amides is 1. The minimum atomic E-state index is -0.584. The molecule has 0 aromatic heterocycles. The van der Waals surface area contributed by atoms with Gasteiger partial charge in [0.05, 0.1) is 11.0 Å². The number of hydrogen-bond acceptors (Lipinski definition) is 3. The Kier molecular flexibility index (Phi) is 4.51. The molecule has 0 radical (unpaired) electrons.